The number of likely N-dealkylation sites (tertiary alicyclic amines) is 1. The van der Waals surface area contributed by atoms with Crippen molar-refractivity contribution in [1.82, 2.24) is 20.0 Å². The van der Waals surface area contributed by atoms with E-state index in [0.717, 1.165) is 25.8 Å². The molecule has 7 heteroatoms. The van der Waals surface area contributed by atoms with E-state index in [0.29, 0.717) is 43.2 Å². The summed E-state index contributed by atoms with van der Waals surface area (Å²) in [5, 5.41) is 8.34. The van der Waals surface area contributed by atoms with Crippen LogP contribution in [-0.4, -0.2) is 46.1 Å². The number of hydrogen-bond donors (Lipinski definition) is 1. The highest BCUT2D eigenvalue weighted by atomic mass is 16.2. The summed E-state index contributed by atoms with van der Waals surface area (Å²) in [6.07, 6.45) is 4.44. The highest BCUT2D eigenvalue weighted by molar-refractivity contribution is 6.04. The van der Waals surface area contributed by atoms with Crippen molar-refractivity contribution in [2.75, 3.05) is 19.6 Å². The molecular weight excluding hydrogens is 368 g/mol. The van der Waals surface area contributed by atoms with Crippen LogP contribution >= 0.6 is 0 Å². The van der Waals surface area contributed by atoms with Crippen LogP contribution in [0.5, 0.6) is 0 Å². The fraction of sp³-hybridized carbons (Fsp3) is 0.545. The lowest BCUT2D eigenvalue weighted by Crippen LogP contribution is -2.35. The van der Waals surface area contributed by atoms with Gasteiger partial charge in [0.2, 0.25) is 5.91 Å². The van der Waals surface area contributed by atoms with Crippen LogP contribution in [0.15, 0.2) is 29.1 Å². The van der Waals surface area contributed by atoms with E-state index in [-0.39, 0.29) is 29.0 Å². The standard InChI is InChI=1S/C22H30N4O3/c1-16(2)15-26-22(29)18-10-6-5-9-17(18)20(24-26)21(28)23-12-8-14-25-13-7-3-4-11-19(25)27/h5-6,9-10,16H,3-4,7-8,11-15H2,1-2H3,(H,23,28). The first kappa shape index (κ1) is 21.0. The first-order valence-corrected chi connectivity index (χ1v) is 10.5. The maximum Gasteiger partial charge on any atom is 0.274 e. The van der Waals surface area contributed by atoms with Gasteiger partial charge in [-0.2, -0.15) is 5.10 Å². The molecule has 0 atom stereocenters. The van der Waals surface area contributed by atoms with Crippen molar-refractivity contribution in [2.45, 2.75) is 52.5 Å². The Hall–Kier alpha value is -2.70. The predicted octanol–water partition coefficient (Wildman–Crippen LogP) is 2.58. The van der Waals surface area contributed by atoms with Crippen molar-refractivity contribution in [2.24, 2.45) is 5.92 Å². The third-order valence-corrected chi connectivity index (χ3v) is 5.18. The average Bonchev–Trinajstić information content (AvgIpc) is 2.91. The van der Waals surface area contributed by atoms with Crippen LogP contribution in [0.2, 0.25) is 0 Å². The van der Waals surface area contributed by atoms with Gasteiger partial charge in [-0.15, -0.1) is 0 Å². The first-order chi connectivity index (χ1) is 14.0. The summed E-state index contributed by atoms with van der Waals surface area (Å²) in [5.74, 6) is 0.159. The van der Waals surface area contributed by atoms with Gasteiger partial charge in [0.1, 0.15) is 0 Å². The molecule has 1 aromatic heterocycles. The van der Waals surface area contributed by atoms with Crippen molar-refractivity contribution in [3.05, 3.63) is 40.3 Å². The van der Waals surface area contributed by atoms with E-state index in [1.54, 1.807) is 24.3 Å². The molecule has 1 aromatic carbocycles. The second kappa shape index (κ2) is 9.67. The summed E-state index contributed by atoms with van der Waals surface area (Å²) in [6, 6.07) is 7.09. The summed E-state index contributed by atoms with van der Waals surface area (Å²) in [6.45, 7) is 6.39. The lowest BCUT2D eigenvalue weighted by atomic mass is 10.1. The van der Waals surface area contributed by atoms with Gasteiger partial charge in [-0.3, -0.25) is 14.4 Å². The van der Waals surface area contributed by atoms with E-state index in [4.69, 9.17) is 0 Å². The molecule has 29 heavy (non-hydrogen) atoms. The number of aromatic nitrogens is 2. The summed E-state index contributed by atoms with van der Waals surface area (Å²) < 4.78 is 1.39. The number of benzene rings is 1. The van der Waals surface area contributed by atoms with Crippen molar-refractivity contribution < 1.29 is 9.59 Å². The van der Waals surface area contributed by atoms with E-state index in [1.165, 1.54) is 4.68 Å². The van der Waals surface area contributed by atoms with Gasteiger partial charge >= 0.3 is 0 Å². The van der Waals surface area contributed by atoms with Gasteiger partial charge in [0.25, 0.3) is 11.5 Å². The smallest absolute Gasteiger partial charge is 0.274 e. The number of nitrogens with one attached hydrogen (secondary N) is 1. The highest BCUT2D eigenvalue weighted by Crippen LogP contribution is 2.14. The molecule has 7 nitrogen and oxygen atoms in total. The molecule has 0 aliphatic carbocycles. The molecular formula is C22H30N4O3. The van der Waals surface area contributed by atoms with Gasteiger partial charge in [-0.25, -0.2) is 4.68 Å². The van der Waals surface area contributed by atoms with Gasteiger partial charge in [0, 0.05) is 38.0 Å². The normalized spacial score (nSPS) is 15.0. The number of amides is 2. The lowest BCUT2D eigenvalue weighted by Gasteiger charge is -2.20. The summed E-state index contributed by atoms with van der Waals surface area (Å²) >= 11 is 0. The van der Waals surface area contributed by atoms with Crippen molar-refractivity contribution in [1.29, 1.82) is 0 Å². The predicted molar refractivity (Wildman–Crippen MR) is 113 cm³/mol. The zero-order chi connectivity index (χ0) is 20.8. The molecule has 0 saturated carbocycles. The molecule has 1 aliphatic heterocycles. The Morgan fingerprint density at radius 3 is 2.66 bits per heavy atom. The van der Waals surface area contributed by atoms with Gasteiger partial charge in [0.15, 0.2) is 5.69 Å². The van der Waals surface area contributed by atoms with Crippen LogP contribution in [0.25, 0.3) is 10.8 Å². The van der Waals surface area contributed by atoms with Crippen LogP contribution in [0.4, 0.5) is 0 Å². The Bertz CT molecular complexity index is 935. The van der Waals surface area contributed by atoms with E-state index >= 15 is 0 Å². The van der Waals surface area contributed by atoms with E-state index in [1.807, 2.05) is 18.7 Å². The molecule has 1 fully saturated rings. The molecule has 1 N–H and O–H groups in total. The summed E-state index contributed by atoms with van der Waals surface area (Å²) in [5.41, 5.74) is 0.0947. The number of carbonyl (C=O) groups is 2. The lowest BCUT2D eigenvalue weighted by molar-refractivity contribution is -0.130. The molecule has 2 amide bonds. The second-order valence-corrected chi connectivity index (χ2v) is 8.08. The first-order valence-electron chi connectivity index (χ1n) is 10.5. The fourth-order valence-electron chi connectivity index (χ4n) is 3.70. The van der Waals surface area contributed by atoms with Crippen LogP contribution in [-0.2, 0) is 11.3 Å². The minimum absolute atomic E-state index is 0.175. The largest absolute Gasteiger partial charge is 0.351 e. The number of nitrogens with zero attached hydrogens (tertiary/aromatic N) is 3. The molecule has 1 aliphatic rings. The van der Waals surface area contributed by atoms with Crippen LogP contribution in [0, 0.1) is 5.92 Å². The number of hydrogen-bond acceptors (Lipinski definition) is 4. The Morgan fingerprint density at radius 1 is 1.14 bits per heavy atom. The number of fused-ring (bicyclic) bond motifs is 1. The number of rotatable bonds is 7. The van der Waals surface area contributed by atoms with E-state index < -0.39 is 0 Å². The van der Waals surface area contributed by atoms with Crippen LogP contribution in [0.1, 0.15) is 56.4 Å². The second-order valence-electron chi connectivity index (χ2n) is 8.08. The number of carbonyl (C=O) groups excluding carboxylic acids is 2. The minimum atomic E-state index is -0.291. The maximum atomic E-state index is 12.8. The Kier molecular flexibility index (Phi) is 7.01. The Morgan fingerprint density at radius 2 is 1.90 bits per heavy atom. The average molecular weight is 399 g/mol. The van der Waals surface area contributed by atoms with Crippen molar-refractivity contribution in [3.63, 3.8) is 0 Å². The fourth-order valence-corrected chi connectivity index (χ4v) is 3.70. The Balaban J connectivity index is 1.69. The molecule has 156 valence electrons. The SMILES string of the molecule is CC(C)Cn1nc(C(=O)NCCCN2CCCCCC2=O)c2ccccc2c1=O. The van der Waals surface area contributed by atoms with Crippen LogP contribution < -0.4 is 10.9 Å². The molecule has 0 unspecified atom stereocenters. The van der Waals surface area contributed by atoms with Crippen molar-refractivity contribution >= 4 is 22.6 Å². The Labute approximate surface area is 171 Å². The maximum absolute atomic E-state index is 12.8. The molecule has 2 aromatic rings. The molecule has 0 radical (unpaired) electrons. The zero-order valence-electron chi connectivity index (χ0n) is 17.3. The monoisotopic (exact) mass is 398 g/mol. The molecule has 0 spiro atoms. The quantitative estimate of drug-likeness (QED) is 0.727. The van der Waals surface area contributed by atoms with E-state index in [2.05, 4.69) is 10.4 Å². The minimum Gasteiger partial charge on any atom is -0.351 e. The summed E-state index contributed by atoms with van der Waals surface area (Å²) in [4.78, 5) is 39.4. The van der Waals surface area contributed by atoms with Gasteiger partial charge in [-0.1, -0.05) is 38.5 Å². The van der Waals surface area contributed by atoms with Crippen LogP contribution in [0.3, 0.4) is 0 Å². The van der Waals surface area contributed by atoms with Gasteiger partial charge in [-0.05, 0) is 31.2 Å². The molecule has 0 bridgehead atoms. The topological polar surface area (TPSA) is 84.3 Å². The summed E-state index contributed by atoms with van der Waals surface area (Å²) in [7, 11) is 0. The molecule has 1 saturated heterocycles. The molecule has 3 rings (SSSR count). The zero-order valence-corrected chi connectivity index (χ0v) is 17.3. The van der Waals surface area contributed by atoms with E-state index in [9.17, 15) is 14.4 Å². The van der Waals surface area contributed by atoms with Crippen molar-refractivity contribution in [3.8, 4) is 0 Å². The van der Waals surface area contributed by atoms with Gasteiger partial charge < -0.3 is 10.2 Å². The third-order valence-electron chi connectivity index (χ3n) is 5.18. The molecule has 2 heterocycles. The third kappa shape index (κ3) is 5.22. The highest BCUT2D eigenvalue weighted by Gasteiger charge is 2.18. The van der Waals surface area contributed by atoms with Gasteiger partial charge in [0.05, 0.1) is 5.39 Å².